The second-order valence-corrected chi connectivity index (χ2v) is 4.10. The van der Waals surface area contributed by atoms with Crippen molar-refractivity contribution in [3.05, 3.63) is 42.5 Å². The summed E-state index contributed by atoms with van der Waals surface area (Å²) >= 11 is 0. The van der Waals surface area contributed by atoms with Gasteiger partial charge in [-0.25, -0.2) is 4.39 Å². The molecule has 0 aliphatic carbocycles. The van der Waals surface area contributed by atoms with Crippen LogP contribution in [0, 0.1) is 11.7 Å². The highest BCUT2D eigenvalue weighted by molar-refractivity contribution is 5.06. The van der Waals surface area contributed by atoms with Crippen LogP contribution in [0.1, 0.15) is 26.0 Å². The van der Waals surface area contributed by atoms with Crippen molar-refractivity contribution in [3.8, 4) is 0 Å². The van der Waals surface area contributed by atoms with Gasteiger partial charge in [0.05, 0.1) is 5.69 Å². The molecule has 0 saturated carbocycles. The van der Waals surface area contributed by atoms with Gasteiger partial charge in [-0.1, -0.05) is 13.0 Å². The molecule has 0 fully saturated rings. The van der Waals surface area contributed by atoms with Crippen molar-refractivity contribution in [3.63, 3.8) is 0 Å². The summed E-state index contributed by atoms with van der Waals surface area (Å²) in [6.45, 7) is 8.42. The Labute approximate surface area is 96.6 Å². The molecule has 3 heteroatoms. The fourth-order valence-electron chi connectivity index (χ4n) is 1.47. The average Bonchev–Trinajstić information content (AvgIpc) is 2.28. The summed E-state index contributed by atoms with van der Waals surface area (Å²) in [4.78, 5) is 4.00. The lowest BCUT2D eigenvalue weighted by Gasteiger charge is -2.19. The standard InChI is InChI=1S/C13H19FN2/c1-4-6-10(2)11(3)16-9-13-12(14)7-5-8-15-13/h4-5,7-8,10-11,16H,1,6,9H2,2-3H3. The van der Waals surface area contributed by atoms with Gasteiger partial charge in [0.2, 0.25) is 0 Å². The van der Waals surface area contributed by atoms with Crippen molar-refractivity contribution in [2.75, 3.05) is 0 Å². The molecule has 2 nitrogen and oxygen atoms in total. The molecule has 0 radical (unpaired) electrons. The van der Waals surface area contributed by atoms with Crippen LogP contribution in [0.5, 0.6) is 0 Å². The molecule has 0 aliphatic rings. The van der Waals surface area contributed by atoms with Gasteiger partial charge in [0, 0.05) is 18.8 Å². The molecule has 1 N–H and O–H groups in total. The Balaban J connectivity index is 2.45. The zero-order valence-corrected chi connectivity index (χ0v) is 9.91. The van der Waals surface area contributed by atoms with Gasteiger partial charge in [-0.15, -0.1) is 6.58 Å². The summed E-state index contributed by atoms with van der Waals surface area (Å²) in [6, 6.07) is 3.35. The Morgan fingerprint density at radius 3 is 2.94 bits per heavy atom. The quantitative estimate of drug-likeness (QED) is 0.749. The second kappa shape index (κ2) is 6.38. The van der Waals surface area contributed by atoms with E-state index in [1.807, 2.05) is 6.08 Å². The normalized spacial score (nSPS) is 14.4. The van der Waals surface area contributed by atoms with Crippen LogP contribution in [-0.4, -0.2) is 11.0 Å². The first-order valence-electron chi connectivity index (χ1n) is 5.58. The minimum atomic E-state index is -0.251. The largest absolute Gasteiger partial charge is 0.308 e. The number of hydrogen-bond donors (Lipinski definition) is 1. The first kappa shape index (κ1) is 12.8. The average molecular weight is 222 g/mol. The third-order valence-corrected chi connectivity index (χ3v) is 2.82. The lowest BCUT2D eigenvalue weighted by atomic mass is 10.00. The summed E-state index contributed by atoms with van der Waals surface area (Å²) in [5.41, 5.74) is 0.472. The molecule has 0 aliphatic heterocycles. The fraction of sp³-hybridized carbons (Fsp3) is 0.462. The molecule has 1 aromatic heterocycles. The van der Waals surface area contributed by atoms with Gasteiger partial charge in [-0.2, -0.15) is 0 Å². The van der Waals surface area contributed by atoms with E-state index in [9.17, 15) is 4.39 Å². The first-order valence-corrected chi connectivity index (χ1v) is 5.58. The fourth-order valence-corrected chi connectivity index (χ4v) is 1.47. The van der Waals surface area contributed by atoms with E-state index in [0.717, 1.165) is 6.42 Å². The predicted octanol–water partition coefficient (Wildman–Crippen LogP) is 2.91. The SMILES string of the molecule is C=CCC(C)C(C)NCc1ncccc1F. The van der Waals surface area contributed by atoms with Gasteiger partial charge in [0.15, 0.2) is 0 Å². The van der Waals surface area contributed by atoms with Crippen LogP contribution < -0.4 is 5.32 Å². The molecule has 0 amide bonds. The second-order valence-electron chi connectivity index (χ2n) is 4.10. The summed E-state index contributed by atoms with van der Waals surface area (Å²) in [7, 11) is 0. The predicted molar refractivity (Wildman–Crippen MR) is 64.5 cm³/mol. The maximum absolute atomic E-state index is 13.3. The molecule has 16 heavy (non-hydrogen) atoms. The number of pyridine rings is 1. The van der Waals surface area contributed by atoms with Gasteiger partial charge >= 0.3 is 0 Å². The smallest absolute Gasteiger partial charge is 0.146 e. The van der Waals surface area contributed by atoms with Crippen LogP contribution in [0.25, 0.3) is 0 Å². The molecule has 0 saturated heterocycles. The Morgan fingerprint density at radius 1 is 1.56 bits per heavy atom. The molecule has 0 aromatic carbocycles. The van der Waals surface area contributed by atoms with E-state index in [2.05, 4.69) is 30.7 Å². The number of rotatable bonds is 6. The van der Waals surface area contributed by atoms with Gasteiger partial charge in [0.1, 0.15) is 5.82 Å². The molecule has 0 spiro atoms. The summed E-state index contributed by atoms with van der Waals surface area (Å²) < 4.78 is 13.3. The van der Waals surface area contributed by atoms with Crippen LogP contribution in [-0.2, 0) is 6.54 Å². The van der Waals surface area contributed by atoms with E-state index in [4.69, 9.17) is 0 Å². The van der Waals surface area contributed by atoms with Crippen LogP contribution >= 0.6 is 0 Å². The highest BCUT2D eigenvalue weighted by atomic mass is 19.1. The van der Waals surface area contributed by atoms with Crippen molar-refractivity contribution in [1.29, 1.82) is 0 Å². The Hall–Kier alpha value is -1.22. The van der Waals surface area contributed by atoms with Crippen molar-refractivity contribution in [2.24, 2.45) is 5.92 Å². The monoisotopic (exact) mass is 222 g/mol. The third kappa shape index (κ3) is 3.74. The number of hydrogen-bond acceptors (Lipinski definition) is 2. The van der Waals surface area contributed by atoms with E-state index in [0.29, 0.717) is 24.2 Å². The Kier molecular flexibility index (Phi) is 5.12. The van der Waals surface area contributed by atoms with Crippen molar-refractivity contribution in [1.82, 2.24) is 10.3 Å². The Bertz CT molecular complexity index is 338. The van der Waals surface area contributed by atoms with E-state index < -0.39 is 0 Å². The highest BCUT2D eigenvalue weighted by Gasteiger charge is 2.11. The van der Waals surface area contributed by atoms with E-state index in [-0.39, 0.29) is 5.82 Å². The third-order valence-electron chi connectivity index (χ3n) is 2.82. The van der Waals surface area contributed by atoms with Crippen molar-refractivity contribution >= 4 is 0 Å². The maximum atomic E-state index is 13.3. The summed E-state index contributed by atoms with van der Waals surface area (Å²) in [6.07, 6.45) is 4.47. The first-order chi connectivity index (χ1) is 7.65. The minimum absolute atomic E-state index is 0.251. The summed E-state index contributed by atoms with van der Waals surface area (Å²) in [5.74, 6) is 0.239. The maximum Gasteiger partial charge on any atom is 0.146 e. The van der Waals surface area contributed by atoms with Crippen molar-refractivity contribution < 1.29 is 4.39 Å². The topological polar surface area (TPSA) is 24.9 Å². The van der Waals surface area contributed by atoms with Gasteiger partial charge in [-0.05, 0) is 31.4 Å². The molecule has 1 rings (SSSR count). The number of aromatic nitrogens is 1. The lowest BCUT2D eigenvalue weighted by Crippen LogP contribution is -2.32. The molecule has 2 atom stereocenters. The molecular formula is C13H19FN2. The van der Waals surface area contributed by atoms with E-state index >= 15 is 0 Å². The van der Waals surface area contributed by atoms with Gasteiger partial charge < -0.3 is 5.32 Å². The molecule has 1 aromatic rings. The van der Waals surface area contributed by atoms with Crippen molar-refractivity contribution in [2.45, 2.75) is 32.9 Å². The zero-order chi connectivity index (χ0) is 12.0. The van der Waals surface area contributed by atoms with Crippen LogP contribution in [0.4, 0.5) is 4.39 Å². The van der Waals surface area contributed by atoms with Gasteiger partial charge in [-0.3, -0.25) is 4.98 Å². The van der Waals surface area contributed by atoms with Gasteiger partial charge in [0.25, 0.3) is 0 Å². The van der Waals surface area contributed by atoms with Crippen LogP contribution in [0.2, 0.25) is 0 Å². The molecule has 2 unspecified atom stereocenters. The molecular weight excluding hydrogens is 203 g/mol. The Morgan fingerprint density at radius 2 is 2.31 bits per heavy atom. The molecule has 1 heterocycles. The summed E-state index contributed by atoms with van der Waals surface area (Å²) in [5, 5.41) is 3.27. The number of nitrogens with zero attached hydrogens (tertiary/aromatic N) is 1. The van der Waals surface area contributed by atoms with Crippen LogP contribution in [0.15, 0.2) is 31.0 Å². The van der Waals surface area contributed by atoms with Crippen LogP contribution in [0.3, 0.4) is 0 Å². The molecule has 0 bridgehead atoms. The van der Waals surface area contributed by atoms with E-state index in [1.165, 1.54) is 6.07 Å². The highest BCUT2D eigenvalue weighted by Crippen LogP contribution is 2.09. The molecule has 88 valence electrons. The van der Waals surface area contributed by atoms with E-state index in [1.54, 1.807) is 12.3 Å². The minimum Gasteiger partial charge on any atom is -0.308 e. The number of nitrogens with one attached hydrogen (secondary N) is 1. The number of halogens is 1. The number of allylic oxidation sites excluding steroid dienone is 1. The lowest BCUT2D eigenvalue weighted by molar-refractivity contribution is 0.396. The zero-order valence-electron chi connectivity index (χ0n) is 9.91.